The minimum atomic E-state index is -0.327. The number of nitrogens with zero attached hydrogens (tertiary/aromatic N) is 2. The van der Waals surface area contributed by atoms with Crippen molar-refractivity contribution >= 4 is 40.7 Å². The molecule has 9 nitrogen and oxygen atoms in total. The number of H-pyrrole nitrogens is 1. The third-order valence-corrected chi connectivity index (χ3v) is 4.82. The summed E-state index contributed by atoms with van der Waals surface area (Å²) >= 11 is 1.17. The van der Waals surface area contributed by atoms with Crippen LogP contribution in [0, 0.1) is 0 Å². The summed E-state index contributed by atoms with van der Waals surface area (Å²) < 4.78 is 1.58. The van der Waals surface area contributed by atoms with Crippen molar-refractivity contribution in [3.05, 3.63) is 34.2 Å². The van der Waals surface area contributed by atoms with Gasteiger partial charge in [-0.15, -0.1) is 5.10 Å². The highest BCUT2D eigenvalue weighted by atomic mass is 32.2. The second-order valence-electron chi connectivity index (χ2n) is 6.25. The number of carbonyl (C=O) groups excluding carboxylic acids is 3. The lowest BCUT2D eigenvalue weighted by Crippen LogP contribution is -2.17. The van der Waals surface area contributed by atoms with E-state index in [1.54, 1.807) is 16.7 Å². The van der Waals surface area contributed by atoms with Crippen LogP contribution >= 0.6 is 11.8 Å². The van der Waals surface area contributed by atoms with Gasteiger partial charge in [0.05, 0.1) is 11.4 Å². The number of carbonyl (C=O) groups is 3. The zero-order valence-electron chi connectivity index (χ0n) is 14.9. The number of hydrogen-bond donors (Lipinski definition) is 3. The van der Waals surface area contributed by atoms with Gasteiger partial charge in [0, 0.05) is 31.1 Å². The van der Waals surface area contributed by atoms with Gasteiger partial charge in [0.1, 0.15) is 0 Å². The van der Waals surface area contributed by atoms with Gasteiger partial charge in [-0.1, -0.05) is 11.8 Å². The summed E-state index contributed by atoms with van der Waals surface area (Å²) in [6, 6.07) is 4.84. The van der Waals surface area contributed by atoms with Gasteiger partial charge in [-0.3, -0.25) is 19.0 Å². The molecule has 1 aromatic carbocycles. The predicted octanol–water partition coefficient (Wildman–Crippen LogP) is 1.80. The molecule has 1 fully saturated rings. The van der Waals surface area contributed by atoms with Gasteiger partial charge in [0.25, 0.3) is 0 Å². The number of hydrogen-bond acceptors (Lipinski definition) is 6. The van der Waals surface area contributed by atoms with E-state index in [1.165, 1.54) is 31.7 Å². The fourth-order valence-electron chi connectivity index (χ4n) is 2.62. The Kier molecular flexibility index (Phi) is 5.45. The first-order chi connectivity index (χ1) is 12.8. The number of amides is 2. The fraction of sp³-hybridized carbons (Fsp3) is 0.353. The zero-order valence-corrected chi connectivity index (χ0v) is 15.7. The largest absolute Gasteiger partial charge is 0.344 e. The monoisotopic (exact) mass is 389 g/mol. The van der Waals surface area contributed by atoms with Crippen molar-refractivity contribution in [3.8, 4) is 0 Å². The minimum absolute atomic E-state index is 0.0586. The van der Waals surface area contributed by atoms with E-state index in [0.717, 1.165) is 12.8 Å². The van der Waals surface area contributed by atoms with Crippen molar-refractivity contribution in [2.45, 2.75) is 37.9 Å². The Balaban J connectivity index is 1.78. The van der Waals surface area contributed by atoms with Crippen LogP contribution in [0.4, 0.5) is 11.4 Å². The topological polar surface area (TPSA) is 126 Å². The number of ketones is 1. The summed E-state index contributed by atoms with van der Waals surface area (Å²) in [5.41, 5.74) is 0.847. The Morgan fingerprint density at radius 2 is 1.93 bits per heavy atom. The maximum Gasteiger partial charge on any atom is 0.344 e. The number of nitrogens with one attached hydrogen (secondary N) is 3. The molecule has 0 unspecified atom stereocenters. The number of rotatable bonds is 7. The van der Waals surface area contributed by atoms with Crippen molar-refractivity contribution in [1.29, 1.82) is 0 Å². The van der Waals surface area contributed by atoms with Crippen LogP contribution in [0.2, 0.25) is 0 Å². The third-order valence-electron chi connectivity index (χ3n) is 3.87. The lowest BCUT2D eigenvalue weighted by molar-refractivity contribution is -0.115. The number of thioether (sulfide) groups is 1. The summed E-state index contributed by atoms with van der Waals surface area (Å²) in [4.78, 5) is 47.1. The molecule has 1 heterocycles. The molecule has 1 aliphatic carbocycles. The quantitative estimate of drug-likeness (QED) is 0.490. The van der Waals surface area contributed by atoms with E-state index in [-0.39, 0.29) is 35.1 Å². The highest BCUT2D eigenvalue weighted by Crippen LogP contribution is 2.36. The molecule has 0 atom stereocenters. The van der Waals surface area contributed by atoms with Crippen molar-refractivity contribution in [2.24, 2.45) is 0 Å². The summed E-state index contributed by atoms with van der Waals surface area (Å²) in [6.07, 6.45) is 1.86. The van der Waals surface area contributed by atoms with Gasteiger partial charge >= 0.3 is 5.69 Å². The van der Waals surface area contributed by atoms with E-state index >= 15 is 0 Å². The van der Waals surface area contributed by atoms with E-state index in [9.17, 15) is 19.2 Å². The normalized spacial score (nSPS) is 13.3. The molecule has 10 heteroatoms. The van der Waals surface area contributed by atoms with Crippen LogP contribution < -0.4 is 16.3 Å². The zero-order chi connectivity index (χ0) is 19.6. The summed E-state index contributed by atoms with van der Waals surface area (Å²) in [5.74, 6) is -0.749. The van der Waals surface area contributed by atoms with Crippen LogP contribution in [0.15, 0.2) is 28.2 Å². The molecule has 0 aliphatic heterocycles. The molecule has 1 aromatic heterocycles. The lowest BCUT2D eigenvalue weighted by Gasteiger charge is -2.12. The van der Waals surface area contributed by atoms with E-state index in [4.69, 9.17) is 0 Å². The molecule has 1 aliphatic rings. The van der Waals surface area contributed by atoms with Crippen molar-refractivity contribution in [1.82, 2.24) is 14.8 Å². The first kappa shape index (κ1) is 18.9. The second kappa shape index (κ2) is 7.78. The van der Waals surface area contributed by atoms with Gasteiger partial charge in [-0.25, -0.2) is 9.89 Å². The van der Waals surface area contributed by atoms with Crippen LogP contribution in [-0.2, 0) is 9.59 Å². The molecule has 0 bridgehead atoms. The molecule has 0 spiro atoms. The lowest BCUT2D eigenvalue weighted by atomic mass is 10.1. The summed E-state index contributed by atoms with van der Waals surface area (Å²) in [5, 5.41) is 12.1. The smallest absolute Gasteiger partial charge is 0.326 e. The number of aromatic amines is 1. The molecule has 2 amide bonds. The summed E-state index contributed by atoms with van der Waals surface area (Å²) in [7, 11) is 0. The molecule has 0 saturated heterocycles. The second-order valence-corrected chi connectivity index (χ2v) is 7.19. The van der Waals surface area contributed by atoms with Gasteiger partial charge < -0.3 is 10.6 Å². The molecule has 2 aromatic rings. The minimum Gasteiger partial charge on any atom is -0.326 e. The van der Waals surface area contributed by atoms with Crippen LogP contribution in [0.5, 0.6) is 0 Å². The molecular weight excluding hydrogens is 370 g/mol. The molecule has 3 rings (SSSR count). The Labute approximate surface area is 158 Å². The molecule has 1 saturated carbocycles. The SMILES string of the molecule is CC(=O)Nc1ccc(C(=O)CSc2n[nH]c(=O)n2C2CC2)c(NC(C)=O)c1. The van der Waals surface area contributed by atoms with Crippen molar-refractivity contribution in [2.75, 3.05) is 16.4 Å². The van der Waals surface area contributed by atoms with Crippen LogP contribution in [0.1, 0.15) is 43.1 Å². The standard InChI is InChI=1S/C17H19N5O4S/c1-9(23)18-11-3-6-13(14(7-11)19-10(2)24)15(25)8-27-17-21-20-16(26)22(17)12-4-5-12/h3,6-7,12H,4-5,8H2,1-2H3,(H,18,23)(H,19,24)(H,20,26). The van der Waals surface area contributed by atoms with Gasteiger partial charge in [0.2, 0.25) is 11.8 Å². The molecule has 27 heavy (non-hydrogen) atoms. The molecular formula is C17H19N5O4S. The van der Waals surface area contributed by atoms with Gasteiger partial charge in [-0.05, 0) is 31.0 Å². The molecule has 3 N–H and O–H groups in total. The van der Waals surface area contributed by atoms with Crippen molar-refractivity contribution < 1.29 is 14.4 Å². The Morgan fingerprint density at radius 3 is 2.56 bits per heavy atom. The van der Waals surface area contributed by atoms with Crippen LogP contribution in [0.25, 0.3) is 0 Å². The Bertz CT molecular complexity index is 960. The predicted molar refractivity (Wildman–Crippen MR) is 101 cm³/mol. The first-order valence-corrected chi connectivity index (χ1v) is 9.36. The van der Waals surface area contributed by atoms with E-state index in [1.807, 2.05) is 0 Å². The number of aromatic nitrogens is 3. The van der Waals surface area contributed by atoms with Gasteiger partial charge in [0.15, 0.2) is 10.9 Å². The van der Waals surface area contributed by atoms with Crippen LogP contribution in [0.3, 0.4) is 0 Å². The van der Waals surface area contributed by atoms with Gasteiger partial charge in [-0.2, -0.15) is 0 Å². The highest BCUT2D eigenvalue weighted by Gasteiger charge is 2.29. The Hall–Kier alpha value is -2.88. The van der Waals surface area contributed by atoms with Crippen molar-refractivity contribution in [3.63, 3.8) is 0 Å². The number of Topliss-reactive ketones (excluding diaryl/α,β-unsaturated/α-hetero) is 1. The number of anilines is 2. The van der Waals surface area contributed by atoms with E-state index < -0.39 is 0 Å². The van der Waals surface area contributed by atoms with E-state index in [2.05, 4.69) is 20.8 Å². The first-order valence-electron chi connectivity index (χ1n) is 8.37. The molecule has 0 radical (unpaired) electrons. The maximum atomic E-state index is 12.7. The fourth-order valence-corrected chi connectivity index (χ4v) is 3.51. The Morgan fingerprint density at radius 1 is 1.22 bits per heavy atom. The maximum absolute atomic E-state index is 12.7. The number of benzene rings is 1. The summed E-state index contributed by atoms with van der Waals surface area (Å²) in [6.45, 7) is 2.71. The third kappa shape index (κ3) is 4.64. The average molecular weight is 389 g/mol. The highest BCUT2D eigenvalue weighted by molar-refractivity contribution is 7.99. The molecule has 142 valence electrons. The van der Waals surface area contributed by atoms with E-state index in [0.29, 0.717) is 22.1 Å². The van der Waals surface area contributed by atoms with Crippen LogP contribution in [-0.4, -0.2) is 38.1 Å². The average Bonchev–Trinajstić information content (AvgIpc) is 3.34.